The number of carbonyl (C=O) groups excluding carboxylic acids is 1. The van der Waals surface area contributed by atoms with E-state index >= 15 is 0 Å². The summed E-state index contributed by atoms with van der Waals surface area (Å²) < 4.78 is 33.0. The smallest absolute Gasteiger partial charge is 0.410 e. The lowest BCUT2D eigenvalue weighted by Crippen LogP contribution is -2.54. The largest absolute Gasteiger partial charge is 0.444 e. The second kappa shape index (κ2) is 18.0. The minimum Gasteiger partial charge on any atom is -0.444 e. The summed E-state index contributed by atoms with van der Waals surface area (Å²) in [5, 5.41) is 8.73. The van der Waals surface area contributed by atoms with Crippen molar-refractivity contribution in [3.05, 3.63) is 35.2 Å². The Morgan fingerprint density at radius 2 is 1.88 bits per heavy atom. The van der Waals surface area contributed by atoms with Crippen LogP contribution in [0.4, 0.5) is 13.6 Å². The molecule has 2 rings (SSSR count). The monoisotopic (exact) mass is 576 g/mol. The van der Waals surface area contributed by atoms with E-state index in [2.05, 4.69) is 22.9 Å². The Bertz CT molecular complexity index is 986. The van der Waals surface area contributed by atoms with E-state index in [1.807, 2.05) is 47.6 Å². The van der Waals surface area contributed by atoms with Crippen molar-refractivity contribution in [3.8, 4) is 6.07 Å². The van der Waals surface area contributed by atoms with Gasteiger partial charge in [-0.15, -0.1) is 0 Å². The molecule has 232 valence electrons. The van der Waals surface area contributed by atoms with Crippen LogP contribution in [-0.2, 0) is 4.74 Å². The second-order valence-electron chi connectivity index (χ2n) is 12.1. The molecule has 1 aliphatic heterocycles. The van der Waals surface area contributed by atoms with Crippen LogP contribution >= 0.6 is 0 Å². The predicted octanol–water partition coefficient (Wildman–Crippen LogP) is 8.91. The zero-order valence-electron chi connectivity index (χ0n) is 27.0. The van der Waals surface area contributed by atoms with E-state index in [9.17, 15) is 13.6 Å². The first-order valence-electron chi connectivity index (χ1n) is 15.3. The molecule has 41 heavy (non-hydrogen) atoms. The number of aliphatic imine (C=N–C) groups is 1. The van der Waals surface area contributed by atoms with Crippen molar-refractivity contribution in [2.24, 2.45) is 16.8 Å². The average Bonchev–Trinajstić information content (AvgIpc) is 2.90. The number of nitriles is 1. The molecule has 0 N–H and O–H groups in total. The van der Waals surface area contributed by atoms with Crippen LogP contribution in [0.1, 0.15) is 107 Å². The Balaban J connectivity index is 0.000000634. The fourth-order valence-corrected chi connectivity index (χ4v) is 5.48. The van der Waals surface area contributed by atoms with Crippen LogP contribution < -0.4 is 0 Å². The molecule has 6 nitrogen and oxygen atoms in total. The summed E-state index contributed by atoms with van der Waals surface area (Å²) in [6.45, 7) is 18.4. The molecule has 0 aromatic heterocycles. The summed E-state index contributed by atoms with van der Waals surface area (Å²) in [4.78, 5) is 20.6. The molecule has 0 spiro atoms. The topological polar surface area (TPSA) is 68.9 Å². The van der Waals surface area contributed by atoms with Gasteiger partial charge in [-0.3, -0.25) is 4.99 Å². The van der Waals surface area contributed by atoms with E-state index in [0.717, 1.165) is 24.5 Å². The maximum Gasteiger partial charge on any atom is 0.410 e. The van der Waals surface area contributed by atoms with Crippen molar-refractivity contribution in [3.63, 3.8) is 0 Å². The normalized spacial score (nSPS) is 23.1. The summed E-state index contributed by atoms with van der Waals surface area (Å²) in [5.41, 5.74) is 1.17. The molecule has 0 aromatic carbocycles. The first-order chi connectivity index (χ1) is 19.3. The van der Waals surface area contributed by atoms with Crippen molar-refractivity contribution in [1.29, 1.82) is 5.26 Å². The zero-order valence-corrected chi connectivity index (χ0v) is 27.0. The van der Waals surface area contributed by atoms with Gasteiger partial charge in [0.25, 0.3) is 6.43 Å². The van der Waals surface area contributed by atoms with Crippen LogP contribution in [0.2, 0.25) is 0 Å². The Morgan fingerprint density at radius 1 is 1.20 bits per heavy atom. The summed E-state index contributed by atoms with van der Waals surface area (Å²) in [6, 6.07) is 2.28. The SMILES string of the molecule is CCCC1CCCC(C#N)C1.C\C=C(C(/C(C)=N/C=C/CC)=C(/C)N1CCN(C(=O)OC(C)(C)C)C(C)C1)\C(F)F. The molecule has 8 heteroatoms. The summed E-state index contributed by atoms with van der Waals surface area (Å²) in [5.74, 6) is 1.23. The van der Waals surface area contributed by atoms with Crippen LogP contribution in [0, 0.1) is 23.2 Å². The summed E-state index contributed by atoms with van der Waals surface area (Å²) >= 11 is 0. The van der Waals surface area contributed by atoms with Gasteiger partial charge in [0.1, 0.15) is 5.60 Å². The first-order valence-corrected chi connectivity index (χ1v) is 15.3. The molecule has 1 aliphatic carbocycles. The quantitative estimate of drug-likeness (QED) is 0.214. The number of nitrogens with zero attached hydrogens (tertiary/aromatic N) is 4. The maximum absolute atomic E-state index is 13.8. The summed E-state index contributed by atoms with van der Waals surface area (Å²) in [6.07, 6.45) is 10.5. The van der Waals surface area contributed by atoms with Crippen molar-refractivity contribution >= 4 is 11.8 Å². The number of carbonyl (C=O) groups is 1. The zero-order chi connectivity index (χ0) is 31.2. The third kappa shape index (κ3) is 12.4. The van der Waals surface area contributed by atoms with E-state index in [0.29, 0.717) is 36.8 Å². The molecule has 1 saturated carbocycles. The van der Waals surface area contributed by atoms with Crippen LogP contribution in [0.15, 0.2) is 40.2 Å². The van der Waals surface area contributed by atoms with E-state index in [4.69, 9.17) is 10.00 Å². The third-order valence-electron chi connectivity index (χ3n) is 7.56. The highest BCUT2D eigenvalue weighted by Crippen LogP contribution is 2.31. The van der Waals surface area contributed by atoms with Gasteiger partial charge in [0, 0.05) is 60.3 Å². The van der Waals surface area contributed by atoms with Crippen LogP contribution in [0.25, 0.3) is 0 Å². The molecule has 0 radical (unpaired) electrons. The number of halogens is 2. The van der Waals surface area contributed by atoms with Crippen molar-refractivity contribution in [2.75, 3.05) is 19.6 Å². The number of ether oxygens (including phenoxy) is 1. The highest BCUT2D eigenvalue weighted by molar-refractivity contribution is 6.03. The minimum atomic E-state index is -2.60. The molecule has 1 amide bonds. The number of hydrogen-bond acceptors (Lipinski definition) is 5. The van der Waals surface area contributed by atoms with Crippen molar-refractivity contribution in [2.45, 2.75) is 125 Å². The minimum absolute atomic E-state index is 0.0270. The number of rotatable bonds is 8. The van der Waals surface area contributed by atoms with Crippen LogP contribution in [-0.4, -0.2) is 59.3 Å². The number of amides is 1. The van der Waals surface area contributed by atoms with Gasteiger partial charge in [-0.2, -0.15) is 5.26 Å². The highest BCUT2D eigenvalue weighted by atomic mass is 19.3. The van der Waals surface area contributed by atoms with Gasteiger partial charge in [-0.25, -0.2) is 13.6 Å². The average molecular weight is 577 g/mol. The highest BCUT2D eigenvalue weighted by Gasteiger charge is 2.32. The number of alkyl halides is 2. The van der Waals surface area contributed by atoms with E-state index < -0.39 is 12.0 Å². The fourth-order valence-electron chi connectivity index (χ4n) is 5.48. The molecular formula is C33H54F2N4O2. The van der Waals surface area contributed by atoms with Crippen LogP contribution in [0.5, 0.6) is 0 Å². The Labute approximate surface area is 248 Å². The van der Waals surface area contributed by atoms with E-state index in [-0.39, 0.29) is 17.7 Å². The number of hydrogen-bond donors (Lipinski definition) is 0. The molecule has 0 aromatic rings. The molecule has 1 saturated heterocycles. The van der Waals surface area contributed by atoms with Crippen LogP contribution in [0.3, 0.4) is 0 Å². The first kappa shape index (κ1) is 36.3. The summed E-state index contributed by atoms with van der Waals surface area (Å²) in [7, 11) is 0. The standard InChI is InChI=1S/C23H37F2N3O2.C10H17N/c1-9-11-12-26-17(4)20(19(10-2)21(24)25)18(5)27-13-14-28(16(3)15-27)22(29)30-23(6,7)8;1-2-4-9-5-3-6-10(7-9)8-11/h10-12,16,21H,9,13-15H2,1-8H3;9-10H,2-7H2,1H3/b12-11+,19-10+,20-18-,26-17+;. The fraction of sp³-hybridized carbons (Fsp3) is 0.727. The van der Waals surface area contributed by atoms with Gasteiger partial charge in [0.15, 0.2) is 0 Å². The second-order valence-corrected chi connectivity index (χ2v) is 12.1. The lowest BCUT2D eigenvalue weighted by atomic mass is 9.80. The molecule has 2 fully saturated rings. The molecule has 3 unspecified atom stereocenters. The molecular weight excluding hydrogens is 522 g/mol. The maximum atomic E-state index is 13.8. The number of allylic oxidation sites excluding steroid dienone is 5. The Kier molecular flexibility index (Phi) is 15.9. The van der Waals surface area contributed by atoms with E-state index in [1.165, 1.54) is 38.2 Å². The molecule has 3 atom stereocenters. The van der Waals surface area contributed by atoms with Gasteiger partial charge in [0.2, 0.25) is 0 Å². The van der Waals surface area contributed by atoms with E-state index in [1.54, 1.807) is 24.9 Å². The predicted molar refractivity (Wildman–Crippen MR) is 165 cm³/mol. The molecule has 2 aliphatic rings. The lowest BCUT2D eigenvalue weighted by molar-refractivity contribution is 0.00493. The molecule has 1 heterocycles. The lowest BCUT2D eigenvalue weighted by Gasteiger charge is -2.42. The van der Waals surface area contributed by atoms with Gasteiger partial charge in [-0.05, 0) is 73.6 Å². The number of piperazine rings is 1. The third-order valence-corrected chi connectivity index (χ3v) is 7.56. The van der Waals surface area contributed by atoms with Crippen molar-refractivity contribution in [1.82, 2.24) is 9.80 Å². The van der Waals surface area contributed by atoms with Crippen molar-refractivity contribution < 1.29 is 18.3 Å². The molecule has 0 bridgehead atoms. The van der Waals surface area contributed by atoms with Gasteiger partial charge < -0.3 is 14.5 Å². The van der Waals surface area contributed by atoms with Gasteiger partial charge >= 0.3 is 6.09 Å². The Morgan fingerprint density at radius 3 is 2.39 bits per heavy atom. The van der Waals surface area contributed by atoms with Gasteiger partial charge in [0.05, 0.1) is 6.07 Å². The van der Waals surface area contributed by atoms with Gasteiger partial charge in [-0.1, -0.05) is 51.7 Å². The Hall–Kier alpha value is -2.69.